The van der Waals surface area contributed by atoms with E-state index in [4.69, 9.17) is 21.9 Å². The summed E-state index contributed by atoms with van der Waals surface area (Å²) in [5.41, 5.74) is 11.6. The third-order valence-electron chi connectivity index (χ3n) is 23.8. The lowest BCUT2D eigenvalue weighted by Crippen LogP contribution is -2.62. The molecule has 2 atom stereocenters. The molecule has 0 saturated carbocycles. The van der Waals surface area contributed by atoms with E-state index in [1.54, 1.807) is 34.6 Å². The number of nitrogens with two attached hydrogens (primary N) is 3. The Morgan fingerprint density at radius 3 is 0.786 bits per heavy atom. The maximum Gasteiger partial charge on any atom is 0.246 e. The fourth-order valence-electron chi connectivity index (χ4n) is 10.1. The highest BCUT2D eigenvalue weighted by Crippen LogP contribution is 2.28. The number of nitrogens with zero attached hydrogens (tertiary/aromatic N) is 6. The number of likely N-dealkylation sites (N-methyl/N-ethyl adjacent to an activating group) is 4. The van der Waals surface area contributed by atoms with Gasteiger partial charge in [-0.1, -0.05) is 41.5 Å². The number of rotatable bonds is 55. The molecule has 0 aliphatic carbocycles. The van der Waals surface area contributed by atoms with Crippen LogP contribution in [0.2, 0.25) is 0 Å². The zero-order valence-corrected chi connectivity index (χ0v) is 80.8. The summed E-state index contributed by atoms with van der Waals surface area (Å²) in [6.45, 7) is 66.2. The van der Waals surface area contributed by atoms with Gasteiger partial charge in [-0.05, 0) is 220 Å². The van der Waals surface area contributed by atoms with Gasteiger partial charge in [0.1, 0.15) is 0 Å². The highest BCUT2D eigenvalue weighted by atomic mass is 16.6. The average Bonchev–Trinajstić information content (AvgIpc) is 1.72. The summed E-state index contributed by atoms with van der Waals surface area (Å²) < 4.78 is 5.45. The lowest BCUT2D eigenvalue weighted by molar-refractivity contribution is -0.570. The Morgan fingerprint density at radius 2 is 0.590 bits per heavy atom. The van der Waals surface area contributed by atoms with Crippen LogP contribution in [0.4, 0.5) is 0 Å². The molecule has 0 aromatic carbocycles. The topological polar surface area (TPSA) is 517 Å². The predicted octanol–water partition coefficient (Wildman–Crippen LogP) is 1.52. The molecule has 1 saturated heterocycles. The number of ether oxygens (including phenoxy) is 1. The Hall–Kier alpha value is -2.32. The Kier molecular flexibility index (Phi) is 56.0. The summed E-state index contributed by atoms with van der Waals surface area (Å²) in [4.78, 5) is 31.0. The normalized spacial score (nSPS) is 15.9. The standard InChI is InChI=1S/C15H35N3O2.C14H29N3O4.2C14H33N3O2.C13H29N3O4.C13H31N3O2/c1-8-15(16,9-17(6)13(2,3)11-19)10-18(7)14(4,5)12-20;1-6-14(17(19)20,7-15-12(2,3)9-18)8-16-11-21-10-13(16,4)5;1-7-14(15,8-16-12(2,3)10-18)9-17(6)13(4,5)11-19;1-7-14(15-6,8-16-12(2,3)10-18)9-17-13(4,5)11-19;1-6-13(16(19)20,7-14-11(2,3)9-17)8-15-12(4,5)10-18;1-6-13(14,7-15-11(2,3)9-17)8-16-12(4,5)10-18/h19-20H,8-12,16H2,1-7H3;15,18H,6-11H2,1-5H3;16,18-19H,7-11,15H2,1-6H3;15-19H,7-11H2,1-6H3;14-15,17-18H,6-10H2,1-5H3;15-18H,6-10,14H2,1-5H3. The fourth-order valence-corrected chi connectivity index (χ4v) is 10.1. The molecule has 1 aliphatic rings. The van der Waals surface area contributed by atoms with Crippen LogP contribution in [0.1, 0.15) is 246 Å². The molecule has 1 aliphatic heterocycles. The minimum absolute atomic E-state index is 0.0666. The van der Waals surface area contributed by atoms with Crippen molar-refractivity contribution in [2.24, 2.45) is 17.2 Å². The predicted molar refractivity (Wildman–Crippen MR) is 480 cm³/mol. The third kappa shape index (κ3) is 48.7. The zero-order chi connectivity index (χ0) is 93.5. The second-order valence-corrected chi connectivity index (χ2v) is 41.3. The summed E-state index contributed by atoms with van der Waals surface area (Å²) in [7, 11) is 7.91. The smallest absolute Gasteiger partial charge is 0.246 e. The van der Waals surface area contributed by atoms with Crippen LogP contribution < -0.4 is 65.1 Å². The van der Waals surface area contributed by atoms with Crippen molar-refractivity contribution >= 4 is 0 Å². The van der Waals surface area contributed by atoms with Gasteiger partial charge in [-0.25, -0.2) is 0 Å². The van der Waals surface area contributed by atoms with Gasteiger partial charge in [-0.15, -0.1) is 0 Å². The summed E-state index contributed by atoms with van der Waals surface area (Å²) in [6, 6.07) is 0. The van der Waals surface area contributed by atoms with Crippen molar-refractivity contribution in [2.45, 2.75) is 346 Å². The van der Waals surface area contributed by atoms with E-state index in [0.717, 1.165) is 38.8 Å². The number of hydrogen-bond acceptors (Lipinski definition) is 32. The van der Waals surface area contributed by atoms with Gasteiger partial charge in [0.15, 0.2) is 0 Å². The van der Waals surface area contributed by atoms with Crippen molar-refractivity contribution in [2.75, 3.05) is 193 Å². The lowest BCUT2D eigenvalue weighted by atomic mass is 9.91. The van der Waals surface area contributed by atoms with Crippen molar-refractivity contribution < 1.29 is 70.8 Å². The molecule has 0 spiro atoms. The second kappa shape index (κ2) is 53.2. The average molecular weight is 1700 g/mol. The van der Waals surface area contributed by atoms with Gasteiger partial charge in [-0.2, -0.15) is 0 Å². The van der Waals surface area contributed by atoms with Crippen molar-refractivity contribution in [3.05, 3.63) is 20.2 Å². The molecule has 34 nitrogen and oxygen atoms in total. The summed E-state index contributed by atoms with van der Waals surface area (Å²) >= 11 is 0. The van der Waals surface area contributed by atoms with E-state index in [9.17, 15) is 76.4 Å². The molecular weight excluding hydrogens is 1510 g/mol. The first-order valence-electron chi connectivity index (χ1n) is 42.3. The van der Waals surface area contributed by atoms with Crippen LogP contribution in [0, 0.1) is 20.2 Å². The van der Waals surface area contributed by atoms with Crippen LogP contribution in [0.15, 0.2) is 0 Å². The minimum Gasteiger partial charge on any atom is -0.394 e. The van der Waals surface area contributed by atoms with Gasteiger partial charge in [-0.3, -0.25) is 39.8 Å². The van der Waals surface area contributed by atoms with Gasteiger partial charge < -0.3 is 126 Å². The van der Waals surface area contributed by atoms with E-state index in [1.807, 2.05) is 185 Å². The molecule has 0 amide bonds. The highest BCUT2D eigenvalue weighted by Gasteiger charge is 2.49. The molecule has 26 N–H and O–H groups in total. The minimum atomic E-state index is -1.17. The van der Waals surface area contributed by atoms with Crippen LogP contribution in [0.3, 0.4) is 0 Å². The number of hydrogen-bond donors (Lipinski definition) is 23. The van der Waals surface area contributed by atoms with E-state index in [-0.39, 0.29) is 174 Å². The molecule has 117 heavy (non-hydrogen) atoms. The first kappa shape index (κ1) is 123. The maximum atomic E-state index is 11.7. The first-order chi connectivity index (χ1) is 52.8. The van der Waals surface area contributed by atoms with Gasteiger partial charge >= 0.3 is 0 Å². The van der Waals surface area contributed by atoms with Gasteiger partial charge in [0, 0.05) is 164 Å². The second-order valence-electron chi connectivity index (χ2n) is 41.3. The van der Waals surface area contributed by atoms with Crippen LogP contribution in [0.25, 0.3) is 0 Å². The van der Waals surface area contributed by atoms with Crippen LogP contribution >= 0.6 is 0 Å². The maximum absolute atomic E-state index is 11.7. The Bertz CT molecular complexity index is 2550. The van der Waals surface area contributed by atoms with Crippen molar-refractivity contribution in [3.63, 3.8) is 0 Å². The van der Waals surface area contributed by atoms with Gasteiger partial charge in [0.05, 0.1) is 112 Å². The molecule has 1 heterocycles. The fraction of sp³-hybridized carbons (Fsp3) is 1.00. The van der Waals surface area contributed by atoms with E-state index >= 15 is 0 Å². The molecule has 0 aromatic heterocycles. The third-order valence-corrected chi connectivity index (χ3v) is 23.8. The molecule has 1 rings (SSSR count). The molecule has 0 aromatic rings. The largest absolute Gasteiger partial charge is 0.394 e. The monoisotopic (exact) mass is 1700 g/mol. The van der Waals surface area contributed by atoms with Crippen LogP contribution in [-0.4, -0.2) is 378 Å². The molecule has 34 heteroatoms. The van der Waals surface area contributed by atoms with E-state index in [1.165, 1.54) is 0 Å². The Morgan fingerprint density at radius 1 is 0.359 bits per heavy atom. The van der Waals surface area contributed by atoms with Crippen LogP contribution in [0.5, 0.6) is 0 Å². The van der Waals surface area contributed by atoms with Crippen molar-refractivity contribution in [1.82, 2.24) is 67.5 Å². The Labute approximate surface area is 711 Å². The summed E-state index contributed by atoms with van der Waals surface area (Å²) in [5, 5.41) is 155. The summed E-state index contributed by atoms with van der Waals surface area (Å²) in [5.74, 6) is 0. The van der Waals surface area contributed by atoms with Crippen LogP contribution in [-0.2, 0) is 4.74 Å². The number of nitrogens with one attached hydrogen (secondary N) is 9. The molecule has 2 unspecified atom stereocenters. The molecule has 1 fully saturated rings. The van der Waals surface area contributed by atoms with Crippen molar-refractivity contribution in [3.8, 4) is 0 Å². The number of aliphatic hydroxyl groups is 11. The first-order valence-corrected chi connectivity index (χ1v) is 42.3. The van der Waals surface area contributed by atoms with E-state index in [0.29, 0.717) is 72.0 Å². The highest BCUT2D eigenvalue weighted by molar-refractivity contribution is 5.01. The van der Waals surface area contributed by atoms with E-state index in [2.05, 4.69) is 83.3 Å². The lowest BCUT2D eigenvalue weighted by Gasteiger charge is -2.45. The number of nitro groups is 2. The molecule has 708 valence electrons. The van der Waals surface area contributed by atoms with Gasteiger partial charge in [0.25, 0.3) is 0 Å². The number of aliphatic hydroxyl groups excluding tert-OH is 11. The molecule has 0 radical (unpaired) electrons. The summed E-state index contributed by atoms with van der Waals surface area (Å²) in [6.07, 6.45) is 4.20. The zero-order valence-electron chi connectivity index (χ0n) is 80.8. The SMILES string of the molecule is CCC(CNC(C)(C)CO)(CN1COCC1(C)C)[N+](=O)[O-].CCC(CNC(C)(C)CO)(CNC(C)(C)CO)NC.CCC(CNC(C)(C)CO)(CNC(C)(C)CO)[N+](=O)[O-].CCC(N)(CN(C)C(C)(C)CO)CN(C)C(C)(C)CO.CCC(N)(CNC(C)(C)CO)CN(C)C(C)(C)CO.CCC(N)(CNC(C)(C)CO)CNC(C)(C)CO. The molecular formula is C83H190N18O16. The van der Waals surface area contributed by atoms with Gasteiger partial charge in [0.2, 0.25) is 11.1 Å². The quantitative estimate of drug-likeness (QED) is 0.0303. The Balaban J connectivity index is -0.000000429. The van der Waals surface area contributed by atoms with E-state index < -0.39 is 27.7 Å². The molecule has 0 bridgehead atoms. The van der Waals surface area contributed by atoms with Crippen molar-refractivity contribution in [1.29, 1.82) is 0 Å².